The zero-order valence-electron chi connectivity index (χ0n) is 19.0. The molecule has 0 saturated carbocycles. The van der Waals surface area contributed by atoms with Gasteiger partial charge in [0.15, 0.2) is 11.9 Å². The number of hydrogen-bond donors (Lipinski definition) is 1. The van der Waals surface area contributed by atoms with Crippen molar-refractivity contribution in [2.45, 2.75) is 65.5 Å². The molecule has 1 unspecified atom stereocenters. The first-order chi connectivity index (χ1) is 14.0. The van der Waals surface area contributed by atoms with Gasteiger partial charge in [-0.15, -0.1) is 0 Å². The molecule has 2 atom stereocenters. The minimum Gasteiger partial charge on any atom is -0.373 e. The number of fused-ring (bicyclic) bond motifs is 5. The summed E-state index contributed by atoms with van der Waals surface area (Å²) in [6.07, 6.45) is 2.12. The number of carbonyl (C=O) groups is 1. The van der Waals surface area contributed by atoms with Crippen molar-refractivity contribution in [3.63, 3.8) is 0 Å². The van der Waals surface area contributed by atoms with Crippen molar-refractivity contribution in [2.24, 2.45) is 21.1 Å². The van der Waals surface area contributed by atoms with Crippen LogP contribution < -0.4 is 10.2 Å². The number of azo groups is 1. The monoisotopic (exact) mass is 404 g/mol. The molecule has 0 bridgehead atoms. The molecule has 30 heavy (non-hydrogen) atoms. The number of allylic oxidation sites excluding steroid dienone is 2. The van der Waals surface area contributed by atoms with Gasteiger partial charge in [0.2, 0.25) is 0 Å². The SMILES string of the molecule is CN1C[C@@]2(C3=C(CC(C)(C)CC3=O)NC3N=NC(CC(C)(C)C)=C32)c2ccccc21. The Morgan fingerprint density at radius 3 is 2.67 bits per heavy atom. The highest BCUT2D eigenvalue weighted by Gasteiger charge is 2.58. The average molecular weight is 405 g/mol. The molecule has 0 fully saturated rings. The van der Waals surface area contributed by atoms with E-state index < -0.39 is 5.41 Å². The first-order valence-corrected chi connectivity index (χ1v) is 11.0. The fraction of sp³-hybridized carbons (Fsp3) is 0.560. The summed E-state index contributed by atoms with van der Waals surface area (Å²) in [6, 6.07) is 8.56. The Morgan fingerprint density at radius 2 is 1.93 bits per heavy atom. The van der Waals surface area contributed by atoms with Crippen molar-refractivity contribution in [3.8, 4) is 0 Å². The van der Waals surface area contributed by atoms with Crippen LogP contribution in [0.3, 0.4) is 0 Å². The fourth-order valence-corrected chi connectivity index (χ4v) is 5.99. The quantitative estimate of drug-likeness (QED) is 0.708. The second-order valence-electron chi connectivity index (χ2n) is 11.4. The second kappa shape index (κ2) is 6.05. The van der Waals surface area contributed by atoms with E-state index in [1.165, 1.54) is 16.8 Å². The van der Waals surface area contributed by atoms with E-state index in [-0.39, 0.29) is 22.8 Å². The lowest BCUT2D eigenvalue weighted by molar-refractivity contribution is -0.118. The molecule has 5 nitrogen and oxygen atoms in total. The number of carbonyl (C=O) groups excluding carboxylic acids is 1. The average Bonchev–Trinajstić information content (AvgIpc) is 3.13. The van der Waals surface area contributed by atoms with Gasteiger partial charge < -0.3 is 10.2 Å². The Labute approximate surface area is 179 Å². The Bertz CT molecular complexity index is 1040. The maximum absolute atomic E-state index is 13.7. The number of para-hydroxylation sites is 1. The number of benzene rings is 1. The van der Waals surface area contributed by atoms with Crippen molar-refractivity contribution in [1.29, 1.82) is 0 Å². The number of ketones is 1. The van der Waals surface area contributed by atoms with Gasteiger partial charge in [-0.2, -0.15) is 10.2 Å². The molecule has 5 heteroatoms. The van der Waals surface area contributed by atoms with Crippen LogP contribution in [0.4, 0.5) is 5.69 Å². The minimum atomic E-state index is -0.464. The predicted octanol–water partition coefficient (Wildman–Crippen LogP) is 5.10. The number of Topliss-reactive ketones (excluding diaryl/α,β-unsaturated/α-hetero) is 1. The Balaban J connectivity index is 1.81. The molecule has 1 spiro atoms. The van der Waals surface area contributed by atoms with Crippen molar-refractivity contribution in [1.82, 2.24) is 5.32 Å². The molecule has 1 aromatic carbocycles. The first kappa shape index (κ1) is 19.5. The zero-order chi connectivity index (χ0) is 21.5. The van der Waals surface area contributed by atoms with Gasteiger partial charge in [0.25, 0.3) is 0 Å². The largest absolute Gasteiger partial charge is 0.373 e. The van der Waals surface area contributed by atoms with Crippen LogP contribution in [-0.2, 0) is 10.2 Å². The van der Waals surface area contributed by atoms with E-state index in [1.807, 2.05) is 0 Å². The summed E-state index contributed by atoms with van der Waals surface area (Å²) in [7, 11) is 2.13. The summed E-state index contributed by atoms with van der Waals surface area (Å²) in [5.41, 5.74) is 6.30. The highest BCUT2D eigenvalue weighted by Crippen LogP contribution is 2.58. The van der Waals surface area contributed by atoms with Crippen LogP contribution >= 0.6 is 0 Å². The van der Waals surface area contributed by atoms with Gasteiger partial charge in [-0.3, -0.25) is 4.79 Å². The molecule has 4 aliphatic rings. The van der Waals surface area contributed by atoms with Gasteiger partial charge in [-0.05, 0) is 35.3 Å². The number of nitrogens with one attached hydrogen (secondary N) is 1. The van der Waals surface area contributed by atoms with Crippen LogP contribution in [0.15, 0.2) is 57.0 Å². The van der Waals surface area contributed by atoms with Gasteiger partial charge in [0.05, 0.1) is 11.1 Å². The van der Waals surface area contributed by atoms with Crippen molar-refractivity contribution >= 4 is 11.5 Å². The molecule has 0 radical (unpaired) electrons. The van der Waals surface area contributed by atoms with E-state index in [2.05, 4.69) is 86.4 Å². The molecular weight excluding hydrogens is 372 g/mol. The van der Waals surface area contributed by atoms with Crippen molar-refractivity contribution in [3.05, 3.63) is 52.4 Å². The number of anilines is 1. The van der Waals surface area contributed by atoms with Crippen LogP contribution in [0, 0.1) is 10.8 Å². The smallest absolute Gasteiger partial charge is 0.165 e. The minimum absolute atomic E-state index is 0.0423. The van der Waals surface area contributed by atoms with Crippen molar-refractivity contribution < 1.29 is 4.79 Å². The third-order valence-corrected chi connectivity index (χ3v) is 6.90. The summed E-state index contributed by atoms with van der Waals surface area (Å²) in [4.78, 5) is 16.0. The number of rotatable bonds is 1. The van der Waals surface area contributed by atoms with E-state index >= 15 is 0 Å². The van der Waals surface area contributed by atoms with E-state index in [4.69, 9.17) is 0 Å². The standard InChI is InChI=1S/C25H32N4O/c1-23(2,3)11-17-21-22(28-27-17)26-16-12-24(4,5)13-19(30)20(16)25(21)14-29(6)18-10-8-7-9-15(18)25/h7-10,22,26H,11-14H2,1-6H3/t22?,25-/m0/s1. The molecule has 0 aromatic heterocycles. The molecule has 5 rings (SSSR count). The van der Waals surface area contributed by atoms with E-state index in [0.29, 0.717) is 6.42 Å². The highest BCUT2D eigenvalue weighted by molar-refractivity contribution is 6.02. The maximum atomic E-state index is 13.7. The van der Waals surface area contributed by atoms with Gasteiger partial charge >= 0.3 is 0 Å². The van der Waals surface area contributed by atoms with Crippen LogP contribution in [0.25, 0.3) is 0 Å². The molecule has 1 aliphatic carbocycles. The summed E-state index contributed by atoms with van der Waals surface area (Å²) in [5, 5.41) is 13.0. The normalized spacial score (nSPS) is 29.3. The number of likely N-dealkylation sites (N-methyl/N-ethyl adjacent to an activating group) is 1. The second-order valence-corrected chi connectivity index (χ2v) is 11.4. The van der Waals surface area contributed by atoms with Crippen LogP contribution in [-0.4, -0.2) is 25.5 Å². The third-order valence-electron chi connectivity index (χ3n) is 6.90. The topological polar surface area (TPSA) is 57.1 Å². The Hall–Kier alpha value is -2.43. The Morgan fingerprint density at radius 1 is 1.20 bits per heavy atom. The zero-order valence-corrected chi connectivity index (χ0v) is 19.0. The van der Waals surface area contributed by atoms with Crippen LogP contribution in [0.1, 0.15) is 59.4 Å². The predicted molar refractivity (Wildman–Crippen MR) is 119 cm³/mol. The highest BCUT2D eigenvalue weighted by atomic mass is 16.1. The summed E-state index contributed by atoms with van der Waals surface area (Å²) in [5.74, 6) is 0.270. The molecule has 0 amide bonds. The number of nitrogens with zero attached hydrogens (tertiary/aromatic N) is 3. The summed E-state index contributed by atoms with van der Waals surface area (Å²) < 4.78 is 0. The molecule has 3 heterocycles. The van der Waals surface area contributed by atoms with E-state index in [9.17, 15) is 4.79 Å². The summed E-state index contributed by atoms with van der Waals surface area (Å²) in [6.45, 7) is 11.8. The first-order valence-electron chi connectivity index (χ1n) is 11.0. The molecule has 3 aliphatic heterocycles. The van der Waals surface area contributed by atoms with Gasteiger partial charge in [0, 0.05) is 42.5 Å². The van der Waals surface area contributed by atoms with Gasteiger partial charge in [0.1, 0.15) is 0 Å². The maximum Gasteiger partial charge on any atom is 0.165 e. The van der Waals surface area contributed by atoms with Crippen LogP contribution in [0.2, 0.25) is 0 Å². The summed E-state index contributed by atoms with van der Waals surface area (Å²) >= 11 is 0. The molecule has 1 aromatic rings. The lowest BCUT2D eigenvalue weighted by Crippen LogP contribution is -2.53. The third kappa shape index (κ3) is 2.70. The lowest BCUT2D eigenvalue weighted by Gasteiger charge is -2.46. The van der Waals surface area contributed by atoms with Gasteiger partial charge in [-0.1, -0.05) is 52.8 Å². The fourth-order valence-electron chi connectivity index (χ4n) is 5.99. The number of hydrogen-bond acceptors (Lipinski definition) is 5. The lowest BCUT2D eigenvalue weighted by atomic mass is 9.60. The van der Waals surface area contributed by atoms with E-state index in [1.54, 1.807) is 0 Å². The van der Waals surface area contributed by atoms with Crippen LogP contribution in [0.5, 0.6) is 0 Å². The molecule has 1 N–H and O–H groups in total. The molecular formula is C25H32N4O. The van der Waals surface area contributed by atoms with Gasteiger partial charge in [-0.25, -0.2) is 0 Å². The van der Waals surface area contributed by atoms with E-state index in [0.717, 1.165) is 36.4 Å². The molecule has 158 valence electrons. The Kier molecular flexibility index (Phi) is 3.94. The van der Waals surface area contributed by atoms with Crippen molar-refractivity contribution in [2.75, 3.05) is 18.5 Å². The molecule has 0 saturated heterocycles.